The molecule has 0 aliphatic heterocycles. The molecule has 2 rings (SSSR count). The molecule has 0 saturated carbocycles. The van der Waals surface area contributed by atoms with Crippen molar-refractivity contribution < 1.29 is 13.2 Å². The lowest BCUT2D eigenvalue weighted by Crippen LogP contribution is -2.38. The molecule has 0 bridgehead atoms. The summed E-state index contributed by atoms with van der Waals surface area (Å²) in [7, 11) is -3.68. The number of nitrogens with zero attached hydrogens (tertiary/aromatic N) is 1. The summed E-state index contributed by atoms with van der Waals surface area (Å²) in [6.07, 6.45) is 1.05. The monoisotopic (exact) mass is 394 g/mol. The van der Waals surface area contributed by atoms with Crippen LogP contribution in [0, 0.1) is 0 Å². The van der Waals surface area contributed by atoms with Gasteiger partial charge in [-0.15, -0.1) is 0 Å². The summed E-state index contributed by atoms with van der Waals surface area (Å²) in [6, 6.07) is 14.0. The minimum absolute atomic E-state index is 0.164. The largest absolute Gasteiger partial charge is 0.324 e. The van der Waals surface area contributed by atoms with Crippen molar-refractivity contribution in [2.75, 3.05) is 22.4 Å². The van der Waals surface area contributed by atoms with E-state index in [2.05, 4.69) is 5.32 Å². The molecule has 1 N–H and O–H groups in total. The molecule has 0 aliphatic rings. The van der Waals surface area contributed by atoms with Crippen molar-refractivity contribution >= 4 is 38.9 Å². The van der Waals surface area contributed by atoms with Gasteiger partial charge < -0.3 is 5.32 Å². The zero-order valence-corrected chi connectivity index (χ0v) is 16.9. The highest BCUT2D eigenvalue weighted by molar-refractivity contribution is 7.92. The lowest BCUT2D eigenvalue weighted by atomic mass is 9.86. The minimum Gasteiger partial charge on any atom is -0.324 e. The molecule has 26 heavy (non-hydrogen) atoms. The van der Waals surface area contributed by atoms with Crippen molar-refractivity contribution in [2.45, 2.75) is 26.2 Å². The van der Waals surface area contributed by atoms with E-state index in [1.807, 2.05) is 39.0 Å². The number of hydrogen-bond donors (Lipinski definition) is 1. The quantitative estimate of drug-likeness (QED) is 0.832. The van der Waals surface area contributed by atoms with Gasteiger partial charge in [0.25, 0.3) is 0 Å². The molecular formula is C19H23ClN2O3S. The highest BCUT2D eigenvalue weighted by Gasteiger charge is 2.24. The lowest BCUT2D eigenvalue weighted by Gasteiger charge is -2.25. The van der Waals surface area contributed by atoms with Crippen LogP contribution in [0.2, 0.25) is 5.02 Å². The van der Waals surface area contributed by atoms with Crippen molar-refractivity contribution in [2.24, 2.45) is 0 Å². The van der Waals surface area contributed by atoms with E-state index in [0.717, 1.165) is 16.1 Å². The van der Waals surface area contributed by atoms with Gasteiger partial charge in [-0.25, -0.2) is 8.42 Å². The summed E-state index contributed by atoms with van der Waals surface area (Å²) < 4.78 is 25.4. The molecular weight excluding hydrogens is 372 g/mol. The normalized spacial score (nSPS) is 11.9. The van der Waals surface area contributed by atoms with Gasteiger partial charge in [-0.1, -0.05) is 62.7 Å². The Balaban J connectivity index is 2.29. The Hall–Kier alpha value is -2.05. The molecule has 0 spiro atoms. The molecule has 5 nitrogen and oxygen atoms in total. The van der Waals surface area contributed by atoms with Gasteiger partial charge in [0.15, 0.2) is 0 Å². The van der Waals surface area contributed by atoms with Gasteiger partial charge in [0.05, 0.1) is 17.0 Å². The van der Waals surface area contributed by atoms with Crippen LogP contribution in [-0.2, 0) is 20.2 Å². The third-order valence-electron chi connectivity index (χ3n) is 3.82. The standard InChI is InChI=1S/C19H23ClN2O3S/c1-19(2,3)14-9-5-7-11-16(14)21-18(23)13-22(26(4,24)25)17-12-8-6-10-15(17)20/h5-12H,13H2,1-4H3,(H,21,23). The number of nitrogens with one attached hydrogen (secondary N) is 1. The number of sulfonamides is 1. The van der Waals surface area contributed by atoms with E-state index in [9.17, 15) is 13.2 Å². The zero-order chi connectivity index (χ0) is 19.5. The van der Waals surface area contributed by atoms with E-state index in [1.165, 1.54) is 0 Å². The van der Waals surface area contributed by atoms with Gasteiger partial charge in [-0.3, -0.25) is 9.10 Å². The molecule has 0 unspecified atom stereocenters. The topological polar surface area (TPSA) is 66.5 Å². The number of benzene rings is 2. The second-order valence-corrected chi connectivity index (χ2v) is 9.38. The number of amides is 1. The van der Waals surface area contributed by atoms with Gasteiger partial charge in [0.1, 0.15) is 6.54 Å². The fourth-order valence-electron chi connectivity index (χ4n) is 2.60. The molecule has 2 aromatic carbocycles. The molecule has 7 heteroatoms. The predicted molar refractivity (Wildman–Crippen MR) is 107 cm³/mol. The van der Waals surface area contributed by atoms with Crippen molar-refractivity contribution in [3.8, 4) is 0 Å². The maximum absolute atomic E-state index is 12.6. The van der Waals surface area contributed by atoms with Gasteiger partial charge in [-0.05, 0) is 29.2 Å². The highest BCUT2D eigenvalue weighted by atomic mass is 35.5. The molecule has 2 aromatic rings. The van der Waals surface area contributed by atoms with Gasteiger partial charge >= 0.3 is 0 Å². The first kappa shape index (κ1) is 20.3. The molecule has 0 aromatic heterocycles. The fraction of sp³-hybridized carbons (Fsp3) is 0.316. The Morgan fingerprint density at radius 2 is 1.65 bits per heavy atom. The van der Waals surface area contributed by atoms with Crippen LogP contribution in [0.5, 0.6) is 0 Å². The molecule has 0 aliphatic carbocycles. The van der Waals surface area contributed by atoms with Gasteiger partial charge in [0, 0.05) is 5.69 Å². The van der Waals surface area contributed by atoms with E-state index in [1.54, 1.807) is 30.3 Å². The predicted octanol–water partition coefficient (Wildman–Crippen LogP) is 4.04. The summed E-state index contributed by atoms with van der Waals surface area (Å²) in [5.74, 6) is -0.438. The van der Waals surface area contributed by atoms with Crippen LogP contribution in [0.15, 0.2) is 48.5 Å². The minimum atomic E-state index is -3.68. The van der Waals surface area contributed by atoms with Crippen molar-refractivity contribution in [1.29, 1.82) is 0 Å². The van der Waals surface area contributed by atoms with Crippen molar-refractivity contribution in [1.82, 2.24) is 0 Å². The Labute approximate surface area is 160 Å². The second-order valence-electron chi connectivity index (χ2n) is 7.06. The molecule has 0 fully saturated rings. The first-order chi connectivity index (χ1) is 12.0. The summed E-state index contributed by atoms with van der Waals surface area (Å²) in [4.78, 5) is 12.6. The maximum atomic E-state index is 12.6. The first-order valence-corrected chi connectivity index (χ1v) is 10.3. The highest BCUT2D eigenvalue weighted by Crippen LogP contribution is 2.30. The van der Waals surface area contributed by atoms with Crippen LogP contribution < -0.4 is 9.62 Å². The lowest BCUT2D eigenvalue weighted by molar-refractivity contribution is -0.114. The summed E-state index contributed by atoms with van der Waals surface area (Å²) in [5.41, 5.74) is 1.74. The van der Waals surface area contributed by atoms with Crippen LogP contribution in [0.4, 0.5) is 11.4 Å². The zero-order valence-electron chi connectivity index (χ0n) is 15.3. The third kappa shape index (κ3) is 4.99. The molecule has 1 amide bonds. The number of hydrogen-bond acceptors (Lipinski definition) is 3. The molecule has 0 saturated heterocycles. The van der Waals surface area contributed by atoms with Crippen molar-refractivity contribution in [3.63, 3.8) is 0 Å². The summed E-state index contributed by atoms with van der Waals surface area (Å²) in [5, 5.41) is 3.09. The molecule has 0 heterocycles. The van der Waals surface area contributed by atoms with E-state index in [4.69, 9.17) is 11.6 Å². The van der Waals surface area contributed by atoms with Crippen LogP contribution in [0.1, 0.15) is 26.3 Å². The second kappa shape index (κ2) is 7.68. The van der Waals surface area contributed by atoms with Crippen molar-refractivity contribution in [3.05, 3.63) is 59.1 Å². The summed E-state index contributed by atoms with van der Waals surface area (Å²) in [6.45, 7) is 5.78. The Morgan fingerprint density at radius 3 is 2.23 bits per heavy atom. The number of anilines is 2. The maximum Gasteiger partial charge on any atom is 0.245 e. The smallest absolute Gasteiger partial charge is 0.245 e. The Bertz CT molecular complexity index is 905. The van der Waals surface area contributed by atoms with E-state index in [-0.39, 0.29) is 22.7 Å². The van der Waals surface area contributed by atoms with Gasteiger partial charge in [0.2, 0.25) is 15.9 Å². The number of para-hydroxylation sites is 2. The fourth-order valence-corrected chi connectivity index (χ4v) is 3.76. The van der Waals surface area contributed by atoms with E-state index >= 15 is 0 Å². The third-order valence-corrected chi connectivity index (χ3v) is 5.26. The van der Waals surface area contributed by atoms with Gasteiger partial charge in [-0.2, -0.15) is 0 Å². The number of carbonyl (C=O) groups excluding carboxylic acids is 1. The average Bonchev–Trinajstić information content (AvgIpc) is 2.52. The molecule has 0 radical (unpaired) electrons. The van der Waals surface area contributed by atoms with Crippen LogP contribution in [-0.4, -0.2) is 27.1 Å². The van der Waals surface area contributed by atoms with E-state index in [0.29, 0.717) is 5.69 Å². The number of halogens is 1. The van der Waals surface area contributed by atoms with Crippen LogP contribution >= 0.6 is 11.6 Å². The Kier molecular flexibility index (Phi) is 5.98. The first-order valence-electron chi connectivity index (χ1n) is 8.12. The Morgan fingerprint density at radius 1 is 1.08 bits per heavy atom. The van der Waals surface area contributed by atoms with Crippen LogP contribution in [0.3, 0.4) is 0 Å². The number of rotatable bonds is 5. The molecule has 0 atom stereocenters. The average molecular weight is 395 g/mol. The van der Waals surface area contributed by atoms with Crippen LogP contribution in [0.25, 0.3) is 0 Å². The SMILES string of the molecule is CC(C)(C)c1ccccc1NC(=O)CN(c1ccccc1Cl)S(C)(=O)=O. The number of carbonyl (C=O) groups is 1. The molecule has 140 valence electrons. The summed E-state index contributed by atoms with van der Waals surface area (Å²) >= 11 is 6.12. The van der Waals surface area contributed by atoms with E-state index < -0.39 is 15.9 Å².